The maximum Gasteiger partial charge on any atom is 0.0628 e. The van der Waals surface area contributed by atoms with Crippen LogP contribution in [0.2, 0.25) is 0 Å². The summed E-state index contributed by atoms with van der Waals surface area (Å²) in [5.41, 5.74) is 0. The fraction of sp³-hybridized carbons (Fsp3) is 1.00. The standard InChI is InChI=1S/C11H24N2O2/c1-4-12-10(8-14-3)7-13(2)11-5-6-15-9-11/h10-12H,4-9H2,1-3H3. The van der Waals surface area contributed by atoms with Crippen LogP contribution >= 0.6 is 0 Å². The van der Waals surface area contributed by atoms with E-state index in [-0.39, 0.29) is 0 Å². The molecule has 0 bridgehead atoms. The molecule has 0 aliphatic carbocycles. The van der Waals surface area contributed by atoms with Crippen molar-refractivity contribution in [1.82, 2.24) is 10.2 Å². The number of methoxy groups -OCH3 is 1. The highest BCUT2D eigenvalue weighted by Crippen LogP contribution is 2.10. The number of ether oxygens (including phenoxy) is 2. The number of nitrogens with one attached hydrogen (secondary N) is 1. The Labute approximate surface area is 92.9 Å². The van der Waals surface area contributed by atoms with Gasteiger partial charge in [0.2, 0.25) is 0 Å². The fourth-order valence-electron chi connectivity index (χ4n) is 2.03. The Morgan fingerprint density at radius 3 is 2.93 bits per heavy atom. The maximum absolute atomic E-state index is 5.39. The predicted octanol–water partition coefficient (Wildman–Crippen LogP) is 0.332. The van der Waals surface area contributed by atoms with Gasteiger partial charge in [0.15, 0.2) is 0 Å². The summed E-state index contributed by atoms with van der Waals surface area (Å²) < 4.78 is 10.6. The molecule has 15 heavy (non-hydrogen) atoms. The van der Waals surface area contributed by atoms with Gasteiger partial charge in [0.25, 0.3) is 0 Å². The van der Waals surface area contributed by atoms with Crippen LogP contribution < -0.4 is 5.32 Å². The van der Waals surface area contributed by atoms with Crippen LogP contribution in [0, 0.1) is 0 Å². The van der Waals surface area contributed by atoms with Crippen molar-refractivity contribution in [2.75, 3.05) is 47.1 Å². The lowest BCUT2D eigenvalue weighted by Gasteiger charge is -2.28. The molecule has 4 heteroatoms. The zero-order chi connectivity index (χ0) is 11.1. The summed E-state index contributed by atoms with van der Waals surface area (Å²) >= 11 is 0. The van der Waals surface area contributed by atoms with Gasteiger partial charge in [0.05, 0.1) is 13.2 Å². The molecule has 0 aromatic rings. The first kappa shape index (κ1) is 12.9. The van der Waals surface area contributed by atoms with Gasteiger partial charge in [-0.3, -0.25) is 4.90 Å². The molecule has 2 unspecified atom stereocenters. The van der Waals surface area contributed by atoms with Crippen LogP contribution in [-0.2, 0) is 9.47 Å². The van der Waals surface area contributed by atoms with E-state index in [1.54, 1.807) is 7.11 Å². The van der Waals surface area contributed by atoms with Gasteiger partial charge < -0.3 is 14.8 Å². The van der Waals surface area contributed by atoms with Crippen molar-refractivity contribution < 1.29 is 9.47 Å². The van der Waals surface area contributed by atoms with Crippen molar-refractivity contribution in [2.45, 2.75) is 25.4 Å². The second-order valence-corrected chi connectivity index (χ2v) is 4.17. The van der Waals surface area contributed by atoms with Gasteiger partial charge in [0, 0.05) is 32.3 Å². The molecule has 0 saturated carbocycles. The second-order valence-electron chi connectivity index (χ2n) is 4.17. The summed E-state index contributed by atoms with van der Waals surface area (Å²) in [6.07, 6.45) is 1.16. The molecular weight excluding hydrogens is 192 g/mol. The van der Waals surface area contributed by atoms with Crippen LogP contribution in [0.1, 0.15) is 13.3 Å². The zero-order valence-corrected chi connectivity index (χ0v) is 10.2. The van der Waals surface area contributed by atoms with Gasteiger partial charge >= 0.3 is 0 Å². The summed E-state index contributed by atoms with van der Waals surface area (Å²) in [7, 11) is 3.92. The minimum Gasteiger partial charge on any atom is -0.383 e. The van der Waals surface area contributed by atoms with Crippen LogP contribution in [0.3, 0.4) is 0 Å². The lowest BCUT2D eigenvalue weighted by atomic mass is 10.2. The van der Waals surface area contributed by atoms with Crippen LogP contribution in [0.15, 0.2) is 0 Å². The van der Waals surface area contributed by atoms with E-state index in [1.807, 2.05) is 0 Å². The Kier molecular flexibility index (Phi) is 6.17. The Morgan fingerprint density at radius 1 is 1.60 bits per heavy atom. The SMILES string of the molecule is CCNC(COC)CN(C)C1CCOC1. The third-order valence-electron chi connectivity index (χ3n) is 2.90. The van der Waals surface area contributed by atoms with Gasteiger partial charge in [-0.2, -0.15) is 0 Å². The first-order valence-electron chi connectivity index (χ1n) is 5.78. The van der Waals surface area contributed by atoms with E-state index >= 15 is 0 Å². The largest absolute Gasteiger partial charge is 0.383 e. The van der Waals surface area contributed by atoms with E-state index in [0.717, 1.165) is 39.3 Å². The second kappa shape index (κ2) is 7.17. The third kappa shape index (κ3) is 4.47. The van der Waals surface area contributed by atoms with E-state index in [4.69, 9.17) is 9.47 Å². The highest BCUT2D eigenvalue weighted by atomic mass is 16.5. The van der Waals surface area contributed by atoms with Crippen molar-refractivity contribution >= 4 is 0 Å². The molecule has 1 fully saturated rings. The molecule has 0 aromatic carbocycles. The lowest BCUT2D eigenvalue weighted by molar-refractivity contribution is 0.121. The van der Waals surface area contributed by atoms with E-state index < -0.39 is 0 Å². The zero-order valence-electron chi connectivity index (χ0n) is 10.2. The molecule has 4 nitrogen and oxygen atoms in total. The van der Waals surface area contributed by atoms with Gasteiger partial charge in [-0.15, -0.1) is 0 Å². The molecule has 90 valence electrons. The molecule has 1 N–H and O–H groups in total. The molecule has 1 aliphatic heterocycles. The number of hydrogen-bond acceptors (Lipinski definition) is 4. The minimum atomic E-state index is 0.422. The van der Waals surface area contributed by atoms with Gasteiger partial charge in [-0.25, -0.2) is 0 Å². The van der Waals surface area contributed by atoms with Crippen molar-refractivity contribution in [1.29, 1.82) is 0 Å². The molecule has 0 aromatic heterocycles. The van der Waals surface area contributed by atoms with E-state index in [2.05, 4.69) is 24.2 Å². The number of nitrogens with zero attached hydrogens (tertiary/aromatic N) is 1. The Hall–Kier alpha value is -0.160. The molecule has 1 heterocycles. The molecule has 0 amide bonds. The monoisotopic (exact) mass is 216 g/mol. The van der Waals surface area contributed by atoms with E-state index in [9.17, 15) is 0 Å². The van der Waals surface area contributed by atoms with E-state index in [0.29, 0.717) is 12.1 Å². The first-order valence-corrected chi connectivity index (χ1v) is 5.78. The smallest absolute Gasteiger partial charge is 0.0628 e. The molecule has 1 rings (SSSR count). The molecule has 2 atom stereocenters. The van der Waals surface area contributed by atoms with Gasteiger partial charge in [-0.1, -0.05) is 6.92 Å². The molecule has 0 radical (unpaired) electrons. The van der Waals surface area contributed by atoms with E-state index in [1.165, 1.54) is 0 Å². The summed E-state index contributed by atoms with van der Waals surface area (Å²) in [5.74, 6) is 0. The Balaban J connectivity index is 2.28. The number of rotatable bonds is 7. The van der Waals surface area contributed by atoms with Gasteiger partial charge in [0.1, 0.15) is 0 Å². The number of likely N-dealkylation sites (N-methyl/N-ethyl adjacent to an activating group) is 2. The lowest BCUT2D eigenvalue weighted by Crippen LogP contribution is -2.46. The highest BCUT2D eigenvalue weighted by Gasteiger charge is 2.22. The predicted molar refractivity (Wildman–Crippen MR) is 61.2 cm³/mol. The molecule has 1 aliphatic rings. The minimum absolute atomic E-state index is 0.422. The molecule has 0 spiro atoms. The van der Waals surface area contributed by atoms with Crippen LogP contribution in [0.25, 0.3) is 0 Å². The Morgan fingerprint density at radius 2 is 2.40 bits per heavy atom. The first-order chi connectivity index (χ1) is 7.27. The maximum atomic E-state index is 5.39. The summed E-state index contributed by atoms with van der Waals surface area (Å²) in [6, 6.07) is 1.01. The van der Waals surface area contributed by atoms with Crippen molar-refractivity contribution in [3.05, 3.63) is 0 Å². The molecule has 1 saturated heterocycles. The fourth-order valence-corrected chi connectivity index (χ4v) is 2.03. The van der Waals surface area contributed by atoms with Crippen LogP contribution in [0.4, 0.5) is 0 Å². The van der Waals surface area contributed by atoms with Crippen molar-refractivity contribution in [3.63, 3.8) is 0 Å². The topological polar surface area (TPSA) is 33.7 Å². The quantitative estimate of drug-likeness (QED) is 0.665. The highest BCUT2D eigenvalue weighted by molar-refractivity contribution is 4.77. The molecular formula is C11H24N2O2. The normalized spacial score (nSPS) is 23.6. The average molecular weight is 216 g/mol. The van der Waals surface area contributed by atoms with Gasteiger partial charge in [-0.05, 0) is 20.0 Å². The number of hydrogen-bond donors (Lipinski definition) is 1. The van der Waals surface area contributed by atoms with Crippen molar-refractivity contribution in [3.8, 4) is 0 Å². The third-order valence-corrected chi connectivity index (χ3v) is 2.90. The van der Waals surface area contributed by atoms with Crippen LogP contribution in [-0.4, -0.2) is 64.1 Å². The van der Waals surface area contributed by atoms with Crippen LogP contribution in [0.5, 0.6) is 0 Å². The Bertz CT molecular complexity index is 155. The summed E-state index contributed by atoms with van der Waals surface area (Å²) in [5, 5.41) is 3.43. The van der Waals surface area contributed by atoms with Crippen molar-refractivity contribution in [2.24, 2.45) is 0 Å². The summed E-state index contributed by atoms with van der Waals surface area (Å²) in [4.78, 5) is 2.37. The average Bonchev–Trinajstić information content (AvgIpc) is 2.71. The summed E-state index contributed by atoms with van der Waals surface area (Å²) in [6.45, 7) is 6.69.